The standard InChI is InChI=1S/C33H31N3O6/c1-40-33(39)29(35-27-10-3-2-9-26(27)32(38)23-7-6-8-24(37)20-23)19-22-13-15-25(16-14-22)41-18-17-34-21-31-36-28-11-4-5-12-30(28)42-31/h2-16,20,29,34-35,37H,17-19,21H2,1H3. The van der Waals surface area contributed by atoms with Gasteiger partial charge in [-0.15, -0.1) is 0 Å². The lowest BCUT2D eigenvalue weighted by molar-refractivity contribution is -0.141. The molecule has 4 aromatic carbocycles. The lowest BCUT2D eigenvalue weighted by Gasteiger charge is -2.20. The first-order chi connectivity index (χ1) is 20.5. The number of carbonyl (C=O) groups is 2. The number of oxazole rings is 1. The molecule has 0 saturated heterocycles. The zero-order valence-electron chi connectivity index (χ0n) is 23.1. The van der Waals surface area contributed by atoms with Gasteiger partial charge in [0, 0.05) is 29.8 Å². The number of anilines is 1. The Bertz CT molecular complexity index is 1630. The molecule has 0 bridgehead atoms. The number of aromatic hydroxyl groups is 1. The number of nitrogens with zero attached hydrogens (tertiary/aromatic N) is 1. The Labute approximate surface area is 243 Å². The lowest BCUT2D eigenvalue weighted by Crippen LogP contribution is -2.33. The fourth-order valence-corrected chi connectivity index (χ4v) is 4.52. The predicted molar refractivity (Wildman–Crippen MR) is 159 cm³/mol. The van der Waals surface area contributed by atoms with Crippen LogP contribution in [0.4, 0.5) is 5.69 Å². The number of phenolic OH excluding ortho intramolecular Hbond substituents is 1. The van der Waals surface area contributed by atoms with Crippen molar-refractivity contribution >= 4 is 28.5 Å². The molecular formula is C33H31N3O6. The van der Waals surface area contributed by atoms with Crippen LogP contribution < -0.4 is 15.4 Å². The first-order valence-corrected chi connectivity index (χ1v) is 13.5. The van der Waals surface area contributed by atoms with Crippen molar-refractivity contribution in [1.82, 2.24) is 10.3 Å². The Morgan fingerprint density at radius 3 is 2.52 bits per heavy atom. The summed E-state index contributed by atoms with van der Waals surface area (Å²) < 4.78 is 16.6. The highest BCUT2D eigenvalue weighted by molar-refractivity contribution is 6.12. The van der Waals surface area contributed by atoms with Crippen LogP contribution in [0.3, 0.4) is 0 Å². The number of rotatable bonds is 13. The van der Waals surface area contributed by atoms with E-state index < -0.39 is 12.0 Å². The second kappa shape index (κ2) is 13.5. The van der Waals surface area contributed by atoms with Crippen LogP contribution in [0, 0.1) is 0 Å². The Hall–Kier alpha value is -5.15. The molecule has 5 rings (SSSR count). The van der Waals surface area contributed by atoms with Gasteiger partial charge >= 0.3 is 5.97 Å². The molecule has 1 aromatic heterocycles. The van der Waals surface area contributed by atoms with Crippen molar-refractivity contribution < 1.29 is 28.6 Å². The van der Waals surface area contributed by atoms with Gasteiger partial charge in [-0.3, -0.25) is 4.79 Å². The van der Waals surface area contributed by atoms with Crippen LogP contribution in [-0.2, 0) is 22.5 Å². The molecule has 0 spiro atoms. The van der Waals surface area contributed by atoms with Crippen molar-refractivity contribution in [2.45, 2.75) is 19.0 Å². The Morgan fingerprint density at radius 1 is 0.952 bits per heavy atom. The number of carbonyl (C=O) groups excluding carboxylic acids is 2. The Morgan fingerprint density at radius 2 is 1.74 bits per heavy atom. The van der Waals surface area contributed by atoms with Crippen molar-refractivity contribution in [3.8, 4) is 11.5 Å². The molecule has 0 aliphatic heterocycles. The average Bonchev–Trinajstić information content (AvgIpc) is 3.44. The first-order valence-electron chi connectivity index (χ1n) is 13.5. The number of fused-ring (bicyclic) bond motifs is 1. The third-order valence-electron chi connectivity index (χ3n) is 6.62. The second-order valence-electron chi connectivity index (χ2n) is 9.59. The van der Waals surface area contributed by atoms with Crippen LogP contribution in [0.15, 0.2) is 101 Å². The van der Waals surface area contributed by atoms with Crippen LogP contribution >= 0.6 is 0 Å². The van der Waals surface area contributed by atoms with Gasteiger partial charge < -0.3 is 29.6 Å². The van der Waals surface area contributed by atoms with Gasteiger partial charge in [0.05, 0.1) is 13.7 Å². The van der Waals surface area contributed by atoms with E-state index in [1.165, 1.54) is 19.2 Å². The quantitative estimate of drug-likeness (QED) is 0.101. The monoisotopic (exact) mass is 565 g/mol. The molecule has 0 fully saturated rings. The number of methoxy groups -OCH3 is 1. The van der Waals surface area contributed by atoms with E-state index in [4.69, 9.17) is 13.9 Å². The van der Waals surface area contributed by atoms with Gasteiger partial charge in [-0.1, -0.05) is 48.5 Å². The molecule has 9 nitrogen and oxygen atoms in total. The fourth-order valence-electron chi connectivity index (χ4n) is 4.52. The molecule has 0 amide bonds. The molecule has 9 heteroatoms. The van der Waals surface area contributed by atoms with Crippen LogP contribution in [0.2, 0.25) is 0 Å². The molecule has 1 unspecified atom stereocenters. The second-order valence-corrected chi connectivity index (χ2v) is 9.59. The summed E-state index contributed by atoms with van der Waals surface area (Å²) in [6, 6.07) is 27.5. The van der Waals surface area contributed by atoms with Crippen LogP contribution in [0.1, 0.15) is 27.4 Å². The molecule has 5 aromatic rings. The van der Waals surface area contributed by atoms with Crippen LogP contribution in [0.5, 0.6) is 11.5 Å². The first kappa shape index (κ1) is 28.4. The summed E-state index contributed by atoms with van der Waals surface area (Å²) in [4.78, 5) is 30.3. The van der Waals surface area contributed by atoms with E-state index in [9.17, 15) is 14.7 Å². The fraction of sp³-hybridized carbons (Fsp3) is 0.182. The zero-order valence-corrected chi connectivity index (χ0v) is 23.1. The largest absolute Gasteiger partial charge is 0.508 e. The van der Waals surface area contributed by atoms with Crippen molar-refractivity contribution in [1.29, 1.82) is 0 Å². The minimum atomic E-state index is -0.740. The number of nitrogens with one attached hydrogen (secondary N) is 2. The molecule has 0 radical (unpaired) electrons. The Balaban J connectivity index is 1.16. The van der Waals surface area contributed by atoms with E-state index in [1.807, 2.05) is 48.5 Å². The number of para-hydroxylation sites is 3. The van der Waals surface area contributed by atoms with E-state index in [0.29, 0.717) is 54.6 Å². The maximum absolute atomic E-state index is 13.2. The van der Waals surface area contributed by atoms with Crippen molar-refractivity contribution in [2.75, 3.05) is 25.6 Å². The molecule has 0 aliphatic carbocycles. The number of phenols is 1. The summed E-state index contributed by atoms with van der Waals surface area (Å²) >= 11 is 0. The maximum Gasteiger partial charge on any atom is 0.328 e. The topological polar surface area (TPSA) is 123 Å². The Kier molecular flexibility index (Phi) is 9.10. The number of benzene rings is 4. The minimum Gasteiger partial charge on any atom is -0.508 e. The van der Waals surface area contributed by atoms with Gasteiger partial charge in [-0.05, 0) is 54.1 Å². The molecule has 0 aliphatic rings. The number of ketones is 1. The van der Waals surface area contributed by atoms with Crippen molar-refractivity contribution in [3.63, 3.8) is 0 Å². The van der Waals surface area contributed by atoms with E-state index in [1.54, 1.807) is 36.4 Å². The van der Waals surface area contributed by atoms with Gasteiger partial charge in [0.25, 0.3) is 0 Å². The third kappa shape index (κ3) is 7.13. The molecule has 1 atom stereocenters. The highest BCUT2D eigenvalue weighted by Crippen LogP contribution is 2.23. The van der Waals surface area contributed by atoms with Gasteiger partial charge in [-0.25, -0.2) is 9.78 Å². The molecular weight excluding hydrogens is 534 g/mol. The summed E-state index contributed by atoms with van der Waals surface area (Å²) in [5.41, 5.74) is 3.70. The summed E-state index contributed by atoms with van der Waals surface area (Å²) in [6.07, 6.45) is 0.327. The molecule has 214 valence electrons. The smallest absolute Gasteiger partial charge is 0.328 e. The number of hydrogen-bond acceptors (Lipinski definition) is 9. The highest BCUT2D eigenvalue weighted by atomic mass is 16.5. The minimum absolute atomic E-state index is 0.00220. The SMILES string of the molecule is COC(=O)C(Cc1ccc(OCCNCc2nc3ccccc3o2)cc1)Nc1ccccc1C(=O)c1cccc(O)c1. The molecule has 3 N–H and O–H groups in total. The molecule has 0 saturated carbocycles. The normalized spacial score (nSPS) is 11.6. The van der Waals surface area contributed by atoms with Crippen molar-refractivity contribution in [2.24, 2.45) is 0 Å². The van der Waals surface area contributed by atoms with Gasteiger partial charge in [-0.2, -0.15) is 0 Å². The lowest BCUT2D eigenvalue weighted by atomic mass is 10.00. The number of ether oxygens (including phenoxy) is 2. The van der Waals surface area contributed by atoms with Crippen LogP contribution in [-0.4, -0.2) is 48.1 Å². The number of esters is 1. The maximum atomic E-state index is 13.2. The summed E-state index contributed by atoms with van der Waals surface area (Å²) in [5, 5.41) is 16.3. The summed E-state index contributed by atoms with van der Waals surface area (Å²) in [7, 11) is 1.33. The summed E-state index contributed by atoms with van der Waals surface area (Å²) in [6.45, 7) is 1.56. The van der Waals surface area contributed by atoms with E-state index in [0.717, 1.165) is 16.7 Å². The number of hydrogen-bond donors (Lipinski definition) is 3. The zero-order chi connectivity index (χ0) is 29.3. The van der Waals surface area contributed by atoms with Gasteiger partial charge in [0.2, 0.25) is 5.89 Å². The molecule has 1 heterocycles. The van der Waals surface area contributed by atoms with Crippen LogP contribution in [0.25, 0.3) is 11.1 Å². The predicted octanol–water partition coefficient (Wildman–Crippen LogP) is 5.13. The summed E-state index contributed by atoms with van der Waals surface area (Å²) in [5.74, 6) is 0.595. The highest BCUT2D eigenvalue weighted by Gasteiger charge is 2.23. The van der Waals surface area contributed by atoms with E-state index in [2.05, 4.69) is 15.6 Å². The number of aromatic nitrogens is 1. The van der Waals surface area contributed by atoms with Gasteiger partial charge in [0.15, 0.2) is 11.4 Å². The van der Waals surface area contributed by atoms with Crippen molar-refractivity contribution in [3.05, 3.63) is 120 Å². The van der Waals surface area contributed by atoms with E-state index in [-0.39, 0.29) is 11.5 Å². The molecule has 42 heavy (non-hydrogen) atoms. The van der Waals surface area contributed by atoms with E-state index >= 15 is 0 Å². The van der Waals surface area contributed by atoms with Gasteiger partial charge in [0.1, 0.15) is 29.7 Å². The third-order valence-corrected chi connectivity index (χ3v) is 6.62. The average molecular weight is 566 g/mol.